The number of unbranched alkanes of at least 4 members (excludes halogenated alkanes) is 2. The molecule has 3 N–H and O–H groups in total. The summed E-state index contributed by atoms with van der Waals surface area (Å²) < 4.78 is 4.71. The molecule has 0 unspecified atom stereocenters. The predicted molar refractivity (Wildman–Crippen MR) is 68.8 cm³/mol. The first kappa shape index (κ1) is 17.2. The number of esters is 1. The fourth-order valence-corrected chi connectivity index (χ4v) is 1.35. The zero-order chi connectivity index (χ0) is 14.5. The standard InChI is InChI=1S/C12H22N2O5/c1-2-19-11(17)7-9-14-12(18)13-8-5-3-4-6-10(15)16/h2-9H2,1H3,(H,15,16)(H2,13,14,18). The van der Waals surface area contributed by atoms with Crippen LogP contribution in [0.15, 0.2) is 0 Å². The Morgan fingerprint density at radius 1 is 1.00 bits per heavy atom. The van der Waals surface area contributed by atoms with Gasteiger partial charge in [-0.3, -0.25) is 9.59 Å². The molecule has 0 heterocycles. The molecule has 19 heavy (non-hydrogen) atoms. The highest BCUT2D eigenvalue weighted by Crippen LogP contribution is 1.98. The van der Waals surface area contributed by atoms with E-state index in [4.69, 9.17) is 9.84 Å². The van der Waals surface area contributed by atoms with Crippen LogP contribution in [0.1, 0.15) is 39.0 Å². The van der Waals surface area contributed by atoms with Gasteiger partial charge in [0.05, 0.1) is 13.0 Å². The summed E-state index contributed by atoms with van der Waals surface area (Å²) >= 11 is 0. The van der Waals surface area contributed by atoms with Gasteiger partial charge in [0.2, 0.25) is 0 Å². The Balaban J connectivity index is 3.35. The summed E-state index contributed by atoms with van der Waals surface area (Å²) in [6, 6.07) is -0.331. The summed E-state index contributed by atoms with van der Waals surface area (Å²) in [5, 5.41) is 13.6. The number of hydrogen-bond donors (Lipinski definition) is 3. The Labute approximate surface area is 112 Å². The lowest BCUT2D eigenvalue weighted by atomic mass is 10.2. The minimum atomic E-state index is -0.801. The Morgan fingerprint density at radius 3 is 2.32 bits per heavy atom. The van der Waals surface area contributed by atoms with E-state index in [0.29, 0.717) is 19.6 Å². The number of ether oxygens (including phenoxy) is 1. The predicted octanol–water partition coefficient (Wildman–Crippen LogP) is 0.884. The van der Waals surface area contributed by atoms with Crippen molar-refractivity contribution >= 4 is 18.0 Å². The fraction of sp³-hybridized carbons (Fsp3) is 0.750. The smallest absolute Gasteiger partial charge is 0.314 e. The van der Waals surface area contributed by atoms with E-state index in [1.165, 1.54) is 0 Å². The van der Waals surface area contributed by atoms with E-state index in [9.17, 15) is 14.4 Å². The second-order valence-corrected chi connectivity index (χ2v) is 3.94. The molecule has 0 atom stereocenters. The summed E-state index contributed by atoms with van der Waals surface area (Å²) in [6.07, 6.45) is 2.42. The molecule has 0 aromatic heterocycles. The maximum atomic E-state index is 11.3. The van der Waals surface area contributed by atoms with Crippen molar-refractivity contribution in [2.75, 3.05) is 19.7 Å². The maximum absolute atomic E-state index is 11.3. The number of nitrogens with one attached hydrogen (secondary N) is 2. The molecule has 0 aliphatic carbocycles. The van der Waals surface area contributed by atoms with Crippen molar-refractivity contribution in [3.05, 3.63) is 0 Å². The van der Waals surface area contributed by atoms with Crippen LogP contribution in [-0.2, 0) is 14.3 Å². The molecule has 2 amide bonds. The Bertz CT molecular complexity index is 294. The SMILES string of the molecule is CCOC(=O)CCNC(=O)NCCCCCC(=O)O. The maximum Gasteiger partial charge on any atom is 0.314 e. The average molecular weight is 274 g/mol. The number of amides is 2. The highest BCUT2D eigenvalue weighted by atomic mass is 16.5. The minimum absolute atomic E-state index is 0.153. The van der Waals surface area contributed by atoms with Crippen LogP contribution in [-0.4, -0.2) is 42.8 Å². The first-order chi connectivity index (χ1) is 9.06. The molecule has 0 saturated heterocycles. The van der Waals surface area contributed by atoms with E-state index >= 15 is 0 Å². The van der Waals surface area contributed by atoms with E-state index < -0.39 is 5.97 Å². The van der Waals surface area contributed by atoms with Crippen molar-refractivity contribution in [3.63, 3.8) is 0 Å². The lowest BCUT2D eigenvalue weighted by molar-refractivity contribution is -0.143. The quantitative estimate of drug-likeness (QED) is 0.405. The molecule has 7 nitrogen and oxygen atoms in total. The fourth-order valence-electron chi connectivity index (χ4n) is 1.35. The van der Waals surface area contributed by atoms with Crippen LogP contribution >= 0.6 is 0 Å². The van der Waals surface area contributed by atoms with Crippen molar-refractivity contribution < 1.29 is 24.2 Å². The van der Waals surface area contributed by atoms with Gasteiger partial charge in [-0.15, -0.1) is 0 Å². The first-order valence-corrected chi connectivity index (χ1v) is 6.45. The first-order valence-electron chi connectivity index (χ1n) is 6.45. The van der Waals surface area contributed by atoms with Gasteiger partial charge < -0.3 is 20.5 Å². The molecule has 0 bridgehead atoms. The monoisotopic (exact) mass is 274 g/mol. The molecule has 0 fully saturated rings. The third kappa shape index (κ3) is 12.5. The van der Waals surface area contributed by atoms with Crippen LogP contribution in [0.25, 0.3) is 0 Å². The van der Waals surface area contributed by atoms with Crippen LogP contribution in [0.5, 0.6) is 0 Å². The number of rotatable bonds is 10. The van der Waals surface area contributed by atoms with E-state index in [1.54, 1.807) is 6.92 Å². The molecule has 0 radical (unpaired) electrons. The molecule has 0 spiro atoms. The van der Waals surface area contributed by atoms with Gasteiger partial charge in [-0.2, -0.15) is 0 Å². The van der Waals surface area contributed by atoms with Crippen LogP contribution in [0.4, 0.5) is 4.79 Å². The van der Waals surface area contributed by atoms with Crippen molar-refractivity contribution in [2.45, 2.75) is 39.0 Å². The van der Waals surface area contributed by atoms with Gasteiger partial charge in [-0.1, -0.05) is 6.42 Å². The number of carbonyl (C=O) groups excluding carboxylic acids is 2. The molecule has 0 saturated carbocycles. The molecule has 7 heteroatoms. The van der Waals surface area contributed by atoms with Crippen LogP contribution in [0, 0.1) is 0 Å². The zero-order valence-electron chi connectivity index (χ0n) is 11.2. The van der Waals surface area contributed by atoms with Gasteiger partial charge in [0, 0.05) is 19.5 Å². The molecular formula is C12H22N2O5. The van der Waals surface area contributed by atoms with Gasteiger partial charge in [-0.25, -0.2) is 4.79 Å². The van der Waals surface area contributed by atoms with Crippen molar-refractivity contribution in [3.8, 4) is 0 Å². The summed E-state index contributed by atoms with van der Waals surface area (Å²) in [4.78, 5) is 32.5. The molecule has 0 aromatic carbocycles. The second-order valence-electron chi connectivity index (χ2n) is 3.94. The topological polar surface area (TPSA) is 105 Å². The highest BCUT2D eigenvalue weighted by molar-refractivity contribution is 5.75. The highest BCUT2D eigenvalue weighted by Gasteiger charge is 2.03. The minimum Gasteiger partial charge on any atom is -0.481 e. The summed E-state index contributed by atoms with van der Waals surface area (Å²) in [6.45, 7) is 2.79. The normalized spacial score (nSPS) is 9.74. The van der Waals surface area contributed by atoms with Crippen molar-refractivity contribution in [2.24, 2.45) is 0 Å². The summed E-state index contributed by atoms with van der Waals surface area (Å²) in [5.41, 5.74) is 0. The Kier molecular flexibility index (Phi) is 10.2. The van der Waals surface area contributed by atoms with Crippen molar-refractivity contribution in [1.82, 2.24) is 10.6 Å². The summed E-state index contributed by atoms with van der Waals surface area (Å²) in [5.74, 6) is -1.14. The van der Waals surface area contributed by atoms with E-state index in [0.717, 1.165) is 12.8 Å². The Morgan fingerprint density at radius 2 is 1.68 bits per heavy atom. The molecule has 0 rings (SSSR count). The lowest BCUT2D eigenvalue weighted by Crippen LogP contribution is -2.37. The van der Waals surface area contributed by atoms with Gasteiger partial charge in [0.1, 0.15) is 0 Å². The number of aliphatic carboxylic acids is 1. The van der Waals surface area contributed by atoms with E-state index in [-0.39, 0.29) is 31.4 Å². The van der Waals surface area contributed by atoms with Gasteiger partial charge in [-0.05, 0) is 19.8 Å². The van der Waals surface area contributed by atoms with E-state index in [1.807, 2.05) is 0 Å². The number of urea groups is 1. The molecule has 0 aromatic rings. The van der Waals surface area contributed by atoms with Crippen LogP contribution in [0.3, 0.4) is 0 Å². The molecule has 0 aliphatic rings. The zero-order valence-corrected chi connectivity index (χ0v) is 11.2. The van der Waals surface area contributed by atoms with Crippen molar-refractivity contribution in [1.29, 1.82) is 0 Å². The van der Waals surface area contributed by atoms with Gasteiger partial charge in [0.15, 0.2) is 0 Å². The average Bonchev–Trinajstić information content (AvgIpc) is 2.33. The number of carboxylic acid groups (broad SMARTS) is 1. The molecule has 110 valence electrons. The Hall–Kier alpha value is -1.79. The number of carbonyl (C=O) groups is 3. The lowest BCUT2D eigenvalue weighted by Gasteiger charge is -2.07. The molecule has 0 aliphatic heterocycles. The third-order valence-electron chi connectivity index (χ3n) is 2.27. The summed E-state index contributed by atoms with van der Waals surface area (Å²) in [7, 11) is 0. The molecular weight excluding hydrogens is 252 g/mol. The van der Waals surface area contributed by atoms with Crippen LogP contribution < -0.4 is 10.6 Å². The van der Waals surface area contributed by atoms with Gasteiger partial charge >= 0.3 is 18.0 Å². The third-order valence-corrected chi connectivity index (χ3v) is 2.27. The number of carboxylic acids is 1. The van der Waals surface area contributed by atoms with E-state index in [2.05, 4.69) is 10.6 Å². The number of hydrogen-bond acceptors (Lipinski definition) is 4. The van der Waals surface area contributed by atoms with Gasteiger partial charge in [0.25, 0.3) is 0 Å². The van der Waals surface area contributed by atoms with Crippen LogP contribution in [0.2, 0.25) is 0 Å². The second kappa shape index (κ2) is 11.3. The largest absolute Gasteiger partial charge is 0.481 e.